The largest absolute Gasteiger partial charge is 0.485 e. The summed E-state index contributed by atoms with van der Waals surface area (Å²) in [6.07, 6.45) is 6.58. The molecule has 0 bridgehead atoms. The number of ether oxygens (including phenoxy) is 1. The van der Waals surface area contributed by atoms with E-state index in [0.29, 0.717) is 17.7 Å². The quantitative estimate of drug-likeness (QED) is 0.572. The first kappa shape index (κ1) is 19.2. The highest BCUT2D eigenvalue weighted by atomic mass is 79.9. The molecular weight excluding hydrogens is 426 g/mol. The van der Waals surface area contributed by atoms with E-state index in [1.54, 1.807) is 0 Å². The number of benzene rings is 2. The second-order valence-electron chi connectivity index (χ2n) is 8.86. The highest BCUT2D eigenvalue weighted by molar-refractivity contribution is 9.10. The Bertz CT molecular complexity index is 928. The predicted molar refractivity (Wildman–Crippen MR) is 118 cm³/mol. The number of aryl methyl sites for hydroxylation is 2. The van der Waals surface area contributed by atoms with Gasteiger partial charge < -0.3 is 9.64 Å². The molecule has 1 atom stereocenters. The molecule has 1 aliphatic heterocycles. The first-order chi connectivity index (χ1) is 14.1. The fourth-order valence-electron chi connectivity index (χ4n) is 4.94. The van der Waals surface area contributed by atoms with E-state index in [1.165, 1.54) is 22.3 Å². The average Bonchev–Trinajstić information content (AvgIpc) is 3.50. The van der Waals surface area contributed by atoms with Crippen molar-refractivity contribution in [1.82, 2.24) is 4.90 Å². The first-order valence-electron chi connectivity index (χ1n) is 10.9. The molecule has 3 nitrogen and oxygen atoms in total. The normalized spacial score (nSPS) is 21.9. The van der Waals surface area contributed by atoms with E-state index >= 15 is 0 Å². The van der Waals surface area contributed by atoms with Crippen molar-refractivity contribution in [2.75, 3.05) is 13.1 Å². The van der Waals surface area contributed by atoms with Gasteiger partial charge in [0.1, 0.15) is 11.9 Å². The third kappa shape index (κ3) is 3.84. The van der Waals surface area contributed by atoms with Crippen molar-refractivity contribution in [2.24, 2.45) is 5.92 Å². The minimum absolute atomic E-state index is 0.127. The van der Waals surface area contributed by atoms with Gasteiger partial charge in [0.2, 0.25) is 5.91 Å². The zero-order valence-corrected chi connectivity index (χ0v) is 18.6. The monoisotopic (exact) mass is 453 g/mol. The van der Waals surface area contributed by atoms with Crippen LogP contribution in [-0.2, 0) is 11.2 Å². The SMILES string of the molecule is Cc1cc(C2CCN(C(=O)C3CC3)CC2)ccc1O[C@H]1CCc2cccc(Br)c21. The second-order valence-corrected chi connectivity index (χ2v) is 9.71. The lowest BCUT2D eigenvalue weighted by molar-refractivity contribution is -0.133. The summed E-state index contributed by atoms with van der Waals surface area (Å²) in [5.41, 5.74) is 5.30. The van der Waals surface area contributed by atoms with Crippen LogP contribution in [0.3, 0.4) is 0 Å². The lowest BCUT2D eigenvalue weighted by Crippen LogP contribution is -2.38. The van der Waals surface area contributed by atoms with E-state index in [-0.39, 0.29) is 6.10 Å². The number of hydrogen-bond acceptors (Lipinski definition) is 2. The fraction of sp³-hybridized carbons (Fsp3) is 0.480. The second kappa shape index (κ2) is 7.79. The zero-order chi connectivity index (χ0) is 20.0. The van der Waals surface area contributed by atoms with Crippen LogP contribution in [-0.4, -0.2) is 23.9 Å². The van der Waals surface area contributed by atoms with Crippen LogP contribution >= 0.6 is 15.9 Å². The lowest BCUT2D eigenvalue weighted by atomic mass is 9.88. The Morgan fingerprint density at radius 3 is 2.59 bits per heavy atom. The maximum Gasteiger partial charge on any atom is 0.225 e. The first-order valence-corrected chi connectivity index (χ1v) is 11.7. The van der Waals surface area contributed by atoms with Gasteiger partial charge in [0.15, 0.2) is 0 Å². The van der Waals surface area contributed by atoms with Gasteiger partial charge in [-0.25, -0.2) is 0 Å². The Labute approximate surface area is 181 Å². The Hall–Kier alpha value is -1.81. The molecule has 4 heteroatoms. The Kier molecular flexibility index (Phi) is 5.15. The maximum absolute atomic E-state index is 12.3. The number of rotatable bonds is 4. The highest BCUT2D eigenvalue weighted by Gasteiger charge is 2.35. The third-order valence-corrected chi connectivity index (χ3v) is 7.51. The van der Waals surface area contributed by atoms with Crippen molar-refractivity contribution >= 4 is 21.8 Å². The maximum atomic E-state index is 12.3. The molecular formula is C25H28BrNO2. The molecule has 152 valence electrons. The lowest BCUT2D eigenvalue weighted by Gasteiger charge is -2.32. The molecule has 0 spiro atoms. The standard InChI is InChI=1S/C25H28BrNO2/c1-16-15-20(17-11-13-27(14-12-17)25(28)19-5-6-19)8-9-22(16)29-23-10-7-18-3-2-4-21(26)24(18)23/h2-4,8-9,15,17,19,23H,5-7,10-14H2,1H3/t23-/m0/s1. The minimum atomic E-state index is 0.127. The molecule has 0 N–H and O–H groups in total. The number of halogens is 1. The summed E-state index contributed by atoms with van der Waals surface area (Å²) < 4.78 is 7.61. The molecule has 2 aromatic rings. The number of likely N-dealkylation sites (tertiary alicyclic amines) is 1. The van der Waals surface area contributed by atoms with Crippen LogP contribution in [0, 0.1) is 12.8 Å². The summed E-state index contributed by atoms with van der Waals surface area (Å²) in [5, 5.41) is 0. The molecule has 3 aliphatic rings. The highest BCUT2D eigenvalue weighted by Crippen LogP contribution is 2.41. The van der Waals surface area contributed by atoms with Crippen molar-refractivity contribution < 1.29 is 9.53 Å². The van der Waals surface area contributed by atoms with Gasteiger partial charge in [-0.3, -0.25) is 4.79 Å². The summed E-state index contributed by atoms with van der Waals surface area (Å²) in [5.74, 6) is 2.27. The van der Waals surface area contributed by atoms with Crippen molar-refractivity contribution in [3.63, 3.8) is 0 Å². The van der Waals surface area contributed by atoms with Gasteiger partial charge in [-0.2, -0.15) is 0 Å². The van der Waals surface area contributed by atoms with Crippen molar-refractivity contribution in [1.29, 1.82) is 0 Å². The Morgan fingerprint density at radius 2 is 1.86 bits per heavy atom. The number of carbonyl (C=O) groups excluding carboxylic acids is 1. The summed E-state index contributed by atoms with van der Waals surface area (Å²) in [6.45, 7) is 3.97. The van der Waals surface area contributed by atoms with Gasteiger partial charge in [0.05, 0.1) is 0 Å². The van der Waals surface area contributed by atoms with Crippen LogP contribution in [0.4, 0.5) is 0 Å². The Morgan fingerprint density at radius 1 is 1.07 bits per heavy atom. The molecule has 2 aromatic carbocycles. The van der Waals surface area contributed by atoms with E-state index in [2.05, 4.69) is 64.2 Å². The summed E-state index contributed by atoms with van der Waals surface area (Å²) >= 11 is 3.70. The number of hydrogen-bond donors (Lipinski definition) is 0. The molecule has 1 saturated heterocycles. The molecule has 1 amide bonds. The molecule has 1 saturated carbocycles. The van der Waals surface area contributed by atoms with Gasteiger partial charge in [0, 0.05) is 29.0 Å². The molecule has 0 aromatic heterocycles. The zero-order valence-electron chi connectivity index (χ0n) is 17.0. The molecule has 5 rings (SSSR count). The van der Waals surface area contributed by atoms with E-state index < -0.39 is 0 Å². The van der Waals surface area contributed by atoms with Gasteiger partial charge >= 0.3 is 0 Å². The number of piperidine rings is 1. The number of carbonyl (C=O) groups is 1. The minimum Gasteiger partial charge on any atom is -0.485 e. The van der Waals surface area contributed by atoms with Crippen LogP contribution in [0.25, 0.3) is 0 Å². The van der Waals surface area contributed by atoms with Gasteiger partial charge in [-0.05, 0) is 80.2 Å². The fourth-order valence-corrected chi connectivity index (χ4v) is 5.61. The summed E-state index contributed by atoms with van der Waals surface area (Å²) in [6, 6.07) is 13.1. The van der Waals surface area contributed by atoms with E-state index in [9.17, 15) is 4.79 Å². The van der Waals surface area contributed by atoms with Gasteiger partial charge in [-0.15, -0.1) is 0 Å². The molecule has 1 heterocycles. The van der Waals surface area contributed by atoms with Crippen LogP contribution in [0.2, 0.25) is 0 Å². The number of amides is 1. The predicted octanol–water partition coefficient (Wildman–Crippen LogP) is 5.94. The van der Waals surface area contributed by atoms with Crippen LogP contribution in [0.5, 0.6) is 5.75 Å². The third-order valence-electron chi connectivity index (χ3n) is 6.81. The van der Waals surface area contributed by atoms with E-state index in [4.69, 9.17) is 4.74 Å². The summed E-state index contributed by atoms with van der Waals surface area (Å²) in [4.78, 5) is 14.4. The number of nitrogens with zero attached hydrogens (tertiary/aromatic N) is 1. The van der Waals surface area contributed by atoms with E-state index in [0.717, 1.165) is 61.8 Å². The van der Waals surface area contributed by atoms with Crippen LogP contribution < -0.4 is 4.74 Å². The van der Waals surface area contributed by atoms with E-state index in [1.807, 2.05) is 0 Å². The number of fused-ring (bicyclic) bond motifs is 1. The van der Waals surface area contributed by atoms with Crippen molar-refractivity contribution in [2.45, 2.75) is 57.5 Å². The van der Waals surface area contributed by atoms with Crippen LogP contribution in [0.1, 0.15) is 66.4 Å². The topological polar surface area (TPSA) is 29.5 Å². The van der Waals surface area contributed by atoms with Crippen molar-refractivity contribution in [3.8, 4) is 5.75 Å². The molecule has 0 radical (unpaired) electrons. The smallest absolute Gasteiger partial charge is 0.225 e. The summed E-state index contributed by atoms with van der Waals surface area (Å²) in [7, 11) is 0. The molecule has 0 unspecified atom stereocenters. The Balaban J connectivity index is 1.25. The average molecular weight is 454 g/mol. The van der Waals surface area contributed by atoms with Gasteiger partial charge in [0.25, 0.3) is 0 Å². The molecule has 29 heavy (non-hydrogen) atoms. The van der Waals surface area contributed by atoms with Crippen LogP contribution in [0.15, 0.2) is 40.9 Å². The molecule has 2 fully saturated rings. The van der Waals surface area contributed by atoms with Crippen molar-refractivity contribution in [3.05, 3.63) is 63.1 Å². The molecule has 2 aliphatic carbocycles. The van der Waals surface area contributed by atoms with Gasteiger partial charge in [-0.1, -0.05) is 40.2 Å².